The summed E-state index contributed by atoms with van der Waals surface area (Å²) in [6.07, 6.45) is 1.35. The standard InChI is InChI=1S/C8H9N3O/c1-11(12)5-10-7-4-6(9)2-3-8(7)11/h2-5H,9H2,1H3. The van der Waals surface area contributed by atoms with E-state index in [2.05, 4.69) is 4.99 Å². The Labute approximate surface area is 70.1 Å². The lowest BCUT2D eigenvalue weighted by Gasteiger charge is -2.28. The van der Waals surface area contributed by atoms with Crippen LogP contribution in [0.4, 0.5) is 17.1 Å². The Morgan fingerprint density at radius 1 is 1.50 bits per heavy atom. The molecule has 0 radical (unpaired) electrons. The molecule has 1 aliphatic rings. The van der Waals surface area contributed by atoms with Gasteiger partial charge in [-0.3, -0.25) is 4.65 Å². The number of nitrogens with zero attached hydrogens (tertiary/aromatic N) is 2. The molecule has 0 aliphatic carbocycles. The zero-order valence-corrected chi connectivity index (χ0v) is 6.69. The third-order valence-electron chi connectivity index (χ3n) is 1.89. The molecular weight excluding hydrogens is 154 g/mol. The number of rotatable bonds is 0. The monoisotopic (exact) mass is 163 g/mol. The number of benzene rings is 1. The van der Waals surface area contributed by atoms with Gasteiger partial charge in [0.1, 0.15) is 5.69 Å². The molecule has 0 aromatic heterocycles. The molecule has 0 spiro atoms. The summed E-state index contributed by atoms with van der Waals surface area (Å²) in [6.45, 7) is 0. The molecule has 2 N–H and O–H groups in total. The van der Waals surface area contributed by atoms with E-state index in [1.807, 2.05) is 0 Å². The number of fused-ring (bicyclic) bond motifs is 1. The van der Waals surface area contributed by atoms with Gasteiger partial charge in [-0.15, -0.1) is 0 Å². The van der Waals surface area contributed by atoms with E-state index in [0.29, 0.717) is 17.1 Å². The minimum Gasteiger partial charge on any atom is -0.621 e. The summed E-state index contributed by atoms with van der Waals surface area (Å²) < 4.78 is -0.546. The van der Waals surface area contributed by atoms with Crippen molar-refractivity contribution in [3.63, 3.8) is 0 Å². The first-order chi connectivity index (χ1) is 5.59. The first-order valence-electron chi connectivity index (χ1n) is 3.62. The van der Waals surface area contributed by atoms with Crippen molar-refractivity contribution in [3.8, 4) is 0 Å². The van der Waals surface area contributed by atoms with Crippen LogP contribution in [0.2, 0.25) is 0 Å². The summed E-state index contributed by atoms with van der Waals surface area (Å²) in [6, 6.07) is 5.12. The largest absolute Gasteiger partial charge is 0.621 e. The molecule has 1 aliphatic heterocycles. The summed E-state index contributed by atoms with van der Waals surface area (Å²) in [5.41, 5.74) is 7.49. The fraction of sp³-hybridized carbons (Fsp3) is 0.125. The molecule has 12 heavy (non-hydrogen) atoms. The molecule has 1 unspecified atom stereocenters. The van der Waals surface area contributed by atoms with E-state index in [-0.39, 0.29) is 0 Å². The molecular formula is C8H9N3O. The molecule has 1 aromatic carbocycles. The minimum atomic E-state index is -0.546. The maximum absolute atomic E-state index is 11.6. The number of aliphatic imine (C=N–C) groups is 1. The molecule has 1 atom stereocenters. The molecule has 0 fully saturated rings. The van der Waals surface area contributed by atoms with Gasteiger partial charge in [-0.05, 0) is 12.1 Å². The molecule has 1 heterocycles. The highest BCUT2D eigenvalue weighted by Crippen LogP contribution is 2.37. The first-order valence-corrected chi connectivity index (χ1v) is 3.62. The summed E-state index contributed by atoms with van der Waals surface area (Å²) in [4.78, 5) is 3.97. The second-order valence-corrected chi connectivity index (χ2v) is 2.98. The van der Waals surface area contributed by atoms with Gasteiger partial charge in [0.25, 0.3) is 0 Å². The van der Waals surface area contributed by atoms with Gasteiger partial charge < -0.3 is 10.9 Å². The molecule has 4 nitrogen and oxygen atoms in total. The third-order valence-corrected chi connectivity index (χ3v) is 1.89. The maximum atomic E-state index is 11.6. The van der Waals surface area contributed by atoms with Crippen LogP contribution >= 0.6 is 0 Å². The third kappa shape index (κ3) is 0.895. The Kier molecular flexibility index (Phi) is 1.25. The van der Waals surface area contributed by atoms with E-state index >= 15 is 0 Å². The van der Waals surface area contributed by atoms with Gasteiger partial charge in [-0.25, -0.2) is 0 Å². The quantitative estimate of drug-likeness (QED) is 0.356. The normalized spacial score (nSPS) is 25.8. The van der Waals surface area contributed by atoms with Gasteiger partial charge in [0.2, 0.25) is 0 Å². The van der Waals surface area contributed by atoms with E-state index < -0.39 is 4.65 Å². The average molecular weight is 163 g/mol. The highest BCUT2D eigenvalue weighted by Gasteiger charge is 2.22. The van der Waals surface area contributed by atoms with Gasteiger partial charge in [0, 0.05) is 11.8 Å². The number of nitrogens with two attached hydrogens (primary N) is 1. The minimum absolute atomic E-state index is 0.546. The van der Waals surface area contributed by atoms with Crippen molar-refractivity contribution in [2.75, 3.05) is 12.8 Å². The van der Waals surface area contributed by atoms with E-state index in [1.54, 1.807) is 18.2 Å². The van der Waals surface area contributed by atoms with Crippen molar-refractivity contribution in [2.24, 2.45) is 4.99 Å². The lowest BCUT2D eigenvalue weighted by Crippen LogP contribution is -2.33. The van der Waals surface area contributed by atoms with Crippen LogP contribution in [0.3, 0.4) is 0 Å². The summed E-state index contributed by atoms with van der Waals surface area (Å²) in [5.74, 6) is 0. The van der Waals surface area contributed by atoms with Gasteiger partial charge >= 0.3 is 0 Å². The smallest absolute Gasteiger partial charge is 0.195 e. The van der Waals surface area contributed by atoms with Gasteiger partial charge in [-0.1, -0.05) is 0 Å². The number of hydrogen-bond donors (Lipinski definition) is 1. The topological polar surface area (TPSA) is 61.4 Å². The van der Waals surface area contributed by atoms with E-state index in [1.165, 1.54) is 13.4 Å². The van der Waals surface area contributed by atoms with Crippen LogP contribution in [0.5, 0.6) is 0 Å². The van der Waals surface area contributed by atoms with Crippen LogP contribution in [-0.2, 0) is 0 Å². The van der Waals surface area contributed by atoms with Gasteiger partial charge in [0.15, 0.2) is 12.0 Å². The fourth-order valence-electron chi connectivity index (χ4n) is 1.25. The highest BCUT2D eigenvalue weighted by atomic mass is 16.5. The van der Waals surface area contributed by atoms with Crippen molar-refractivity contribution in [3.05, 3.63) is 23.4 Å². The molecule has 0 saturated heterocycles. The van der Waals surface area contributed by atoms with Crippen LogP contribution < -0.4 is 10.4 Å². The number of hydroxylamine groups is 2. The predicted molar refractivity (Wildman–Crippen MR) is 50.1 cm³/mol. The Hall–Kier alpha value is -1.39. The summed E-state index contributed by atoms with van der Waals surface area (Å²) in [7, 11) is 1.53. The van der Waals surface area contributed by atoms with E-state index in [0.717, 1.165) is 0 Å². The molecule has 2 rings (SSSR count). The zero-order chi connectivity index (χ0) is 8.77. The van der Waals surface area contributed by atoms with E-state index in [9.17, 15) is 5.21 Å². The molecule has 0 amide bonds. The Morgan fingerprint density at radius 3 is 3.00 bits per heavy atom. The molecule has 0 saturated carbocycles. The number of quaternary nitrogens is 1. The Morgan fingerprint density at radius 2 is 2.25 bits per heavy atom. The van der Waals surface area contributed by atoms with Crippen molar-refractivity contribution < 1.29 is 0 Å². The zero-order valence-electron chi connectivity index (χ0n) is 6.69. The van der Waals surface area contributed by atoms with E-state index in [4.69, 9.17) is 5.73 Å². The van der Waals surface area contributed by atoms with Crippen molar-refractivity contribution >= 4 is 23.4 Å². The number of hydrogen-bond acceptors (Lipinski definition) is 3. The average Bonchev–Trinajstić information content (AvgIpc) is 2.27. The summed E-state index contributed by atoms with van der Waals surface area (Å²) in [5, 5.41) is 11.6. The SMILES string of the molecule is C[N+]1([O-])C=Nc2cc(N)ccc21. The van der Waals surface area contributed by atoms with Crippen molar-refractivity contribution in [1.29, 1.82) is 0 Å². The molecule has 0 bridgehead atoms. The first kappa shape index (κ1) is 7.27. The number of anilines is 1. The lowest BCUT2D eigenvalue weighted by molar-refractivity contribution is 0.693. The lowest BCUT2D eigenvalue weighted by atomic mass is 10.2. The van der Waals surface area contributed by atoms with Crippen LogP contribution in [0.15, 0.2) is 23.2 Å². The molecule has 62 valence electrons. The molecule has 1 aromatic rings. The maximum Gasteiger partial charge on any atom is 0.195 e. The number of nitrogen functional groups attached to an aromatic ring is 1. The van der Waals surface area contributed by atoms with Gasteiger partial charge in [-0.2, -0.15) is 4.99 Å². The fourth-order valence-corrected chi connectivity index (χ4v) is 1.25. The summed E-state index contributed by atoms with van der Waals surface area (Å²) >= 11 is 0. The predicted octanol–water partition coefficient (Wildman–Crippen LogP) is 1.38. The molecule has 4 heteroatoms. The van der Waals surface area contributed by atoms with Crippen molar-refractivity contribution in [1.82, 2.24) is 4.65 Å². The van der Waals surface area contributed by atoms with Crippen LogP contribution in [0.25, 0.3) is 0 Å². The second kappa shape index (κ2) is 2.06. The van der Waals surface area contributed by atoms with Crippen LogP contribution in [0.1, 0.15) is 0 Å². The van der Waals surface area contributed by atoms with Crippen molar-refractivity contribution in [2.45, 2.75) is 0 Å². The van der Waals surface area contributed by atoms with Gasteiger partial charge in [0.05, 0.1) is 7.05 Å². The Balaban J connectivity index is 2.62. The highest BCUT2D eigenvalue weighted by molar-refractivity contribution is 5.89. The second-order valence-electron chi connectivity index (χ2n) is 2.98. The van der Waals surface area contributed by atoms with Crippen LogP contribution in [-0.4, -0.2) is 13.4 Å². The van der Waals surface area contributed by atoms with Crippen LogP contribution in [0, 0.1) is 5.21 Å². The Bertz CT molecular complexity index is 357.